The fourth-order valence-electron chi connectivity index (χ4n) is 3.59. The van der Waals surface area contributed by atoms with Crippen molar-refractivity contribution in [2.24, 2.45) is 0 Å². The average Bonchev–Trinajstić information content (AvgIpc) is 2.85. The van der Waals surface area contributed by atoms with Gasteiger partial charge >= 0.3 is 0 Å². The highest BCUT2D eigenvalue weighted by molar-refractivity contribution is 5.95. The van der Waals surface area contributed by atoms with Gasteiger partial charge < -0.3 is 25.0 Å². The van der Waals surface area contributed by atoms with Crippen molar-refractivity contribution in [1.29, 1.82) is 0 Å². The van der Waals surface area contributed by atoms with Crippen molar-refractivity contribution in [2.75, 3.05) is 25.6 Å². The van der Waals surface area contributed by atoms with E-state index < -0.39 is 0 Å². The van der Waals surface area contributed by atoms with Crippen molar-refractivity contribution in [1.82, 2.24) is 9.97 Å². The molecule has 0 saturated carbocycles. The van der Waals surface area contributed by atoms with E-state index in [1.807, 2.05) is 48.5 Å². The van der Waals surface area contributed by atoms with Crippen molar-refractivity contribution >= 4 is 22.3 Å². The molecule has 0 saturated heterocycles. The molecule has 0 bridgehead atoms. The van der Waals surface area contributed by atoms with Crippen LogP contribution in [-0.2, 0) is 6.54 Å². The van der Waals surface area contributed by atoms with Crippen LogP contribution >= 0.6 is 0 Å². The Morgan fingerprint density at radius 2 is 1.82 bits per heavy atom. The minimum absolute atomic E-state index is 0.00677. The molecule has 0 unspecified atom stereocenters. The Labute approximate surface area is 192 Å². The van der Waals surface area contributed by atoms with E-state index in [2.05, 4.69) is 16.9 Å². The molecule has 7 nitrogen and oxygen atoms in total. The summed E-state index contributed by atoms with van der Waals surface area (Å²) < 4.78 is 11.0. The lowest BCUT2D eigenvalue weighted by Gasteiger charge is -2.15. The number of benzene rings is 2. The molecule has 0 radical (unpaired) electrons. The number of aromatic nitrogens is 2. The van der Waals surface area contributed by atoms with E-state index >= 15 is 0 Å². The number of hydrogen-bond acceptors (Lipinski definition) is 7. The van der Waals surface area contributed by atoms with Crippen LogP contribution in [0.2, 0.25) is 0 Å². The standard InChI is InChI=1S/C26H25N3O4/c1-17(31)24-22-16-27-12-11-23(22)29-25(26(24)32-2)19-5-7-20(8-6-19)28-15-18-3-9-21(10-4-18)33-14-13-30/h3-12,16,28,30-31H,1,13-15H2,2H3. The zero-order valence-electron chi connectivity index (χ0n) is 18.3. The van der Waals surface area contributed by atoms with Crippen LogP contribution in [0, 0.1) is 0 Å². The van der Waals surface area contributed by atoms with Gasteiger partial charge in [0.2, 0.25) is 0 Å². The maximum absolute atomic E-state index is 10.2. The second-order valence-electron chi connectivity index (χ2n) is 7.36. The molecule has 3 N–H and O–H groups in total. The lowest BCUT2D eigenvalue weighted by Crippen LogP contribution is -2.02. The van der Waals surface area contributed by atoms with Crippen LogP contribution in [0.25, 0.3) is 27.9 Å². The number of rotatable bonds is 9. The molecule has 2 aromatic carbocycles. The van der Waals surface area contributed by atoms with Gasteiger partial charge in [0.05, 0.1) is 24.8 Å². The first-order valence-corrected chi connectivity index (χ1v) is 10.5. The van der Waals surface area contributed by atoms with Crippen LogP contribution in [0.15, 0.2) is 73.6 Å². The summed E-state index contributed by atoms with van der Waals surface area (Å²) in [6, 6.07) is 17.4. The number of aliphatic hydroxyl groups excluding tert-OH is 2. The number of ether oxygens (including phenoxy) is 2. The molecular formula is C26H25N3O4. The Balaban J connectivity index is 1.55. The maximum atomic E-state index is 10.2. The molecule has 0 aliphatic heterocycles. The first-order chi connectivity index (χ1) is 16.1. The molecule has 2 aromatic heterocycles. The average molecular weight is 444 g/mol. The molecule has 0 fully saturated rings. The van der Waals surface area contributed by atoms with Gasteiger partial charge in [0, 0.05) is 35.6 Å². The van der Waals surface area contributed by atoms with Gasteiger partial charge in [0.1, 0.15) is 23.8 Å². The fourth-order valence-corrected chi connectivity index (χ4v) is 3.59. The summed E-state index contributed by atoms with van der Waals surface area (Å²) in [5, 5.41) is 23.1. The number of pyridine rings is 2. The number of nitrogens with one attached hydrogen (secondary N) is 1. The molecule has 0 aliphatic rings. The van der Waals surface area contributed by atoms with E-state index in [1.54, 1.807) is 25.6 Å². The molecule has 0 amide bonds. The van der Waals surface area contributed by atoms with Crippen LogP contribution in [-0.4, -0.2) is 40.5 Å². The summed E-state index contributed by atoms with van der Waals surface area (Å²) in [6.07, 6.45) is 3.30. The van der Waals surface area contributed by atoms with Gasteiger partial charge in [0.25, 0.3) is 0 Å². The Morgan fingerprint density at radius 3 is 2.48 bits per heavy atom. The van der Waals surface area contributed by atoms with Crippen LogP contribution in [0.1, 0.15) is 11.1 Å². The van der Waals surface area contributed by atoms with E-state index in [1.165, 1.54) is 0 Å². The number of anilines is 1. The number of methoxy groups -OCH3 is 1. The first kappa shape index (κ1) is 22.1. The molecule has 0 aliphatic carbocycles. The van der Waals surface area contributed by atoms with Crippen molar-refractivity contribution in [3.63, 3.8) is 0 Å². The van der Waals surface area contributed by atoms with Gasteiger partial charge in [-0.25, -0.2) is 4.98 Å². The molecule has 168 valence electrons. The largest absolute Gasteiger partial charge is 0.508 e. The second-order valence-corrected chi connectivity index (χ2v) is 7.36. The normalized spacial score (nSPS) is 10.7. The van der Waals surface area contributed by atoms with Gasteiger partial charge in [-0.15, -0.1) is 0 Å². The van der Waals surface area contributed by atoms with Gasteiger partial charge in [-0.1, -0.05) is 30.8 Å². The van der Waals surface area contributed by atoms with Crippen LogP contribution < -0.4 is 14.8 Å². The smallest absolute Gasteiger partial charge is 0.156 e. The van der Waals surface area contributed by atoms with Gasteiger partial charge in [0.15, 0.2) is 5.75 Å². The molecule has 7 heteroatoms. The van der Waals surface area contributed by atoms with Crippen LogP contribution in [0.3, 0.4) is 0 Å². The fraction of sp³-hybridized carbons (Fsp3) is 0.154. The predicted octanol–water partition coefficient (Wildman–Crippen LogP) is 4.82. The zero-order valence-corrected chi connectivity index (χ0v) is 18.3. The summed E-state index contributed by atoms with van der Waals surface area (Å²) in [6.45, 7) is 4.63. The van der Waals surface area contributed by atoms with E-state index in [4.69, 9.17) is 19.6 Å². The van der Waals surface area contributed by atoms with Crippen LogP contribution in [0.4, 0.5) is 5.69 Å². The topological polar surface area (TPSA) is 96.7 Å². The number of fused-ring (bicyclic) bond motifs is 1. The third-order valence-electron chi connectivity index (χ3n) is 5.17. The number of nitrogens with zero attached hydrogens (tertiary/aromatic N) is 2. The summed E-state index contributed by atoms with van der Waals surface area (Å²) in [7, 11) is 1.55. The minimum Gasteiger partial charge on any atom is -0.508 e. The highest BCUT2D eigenvalue weighted by atomic mass is 16.5. The quantitative estimate of drug-likeness (QED) is 0.319. The van der Waals surface area contributed by atoms with Crippen molar-refractivity contribution < 1.29 is 19.7 Å². The molecular weight excluding hydrogens is 418 g/mol. The number of hydrogen-bond donors (Lipinski definition) is 3. The molecule has 33 heavy (non-hydrogen) atoms. The first-order valence-electron chi connectivity index (χ1n) is 10.5. The van der Waals surface area contributed by atoms with Gasteiger partial charge in [-0.05, 0) is 35.9 Å². The maximum Gasteiger partial charge on any atom is 0.156 e. The Morgan fingerprint density at radius 1 is 1.06 bits per heavy atom. The van der Waals surface area contributed by atoms with E-state index in [9.17, 15) is 5.11 Å². The number of aliphatic hydroxyl groups is 2. The van der Waals surface area contributed by atoms with Crippen molar-refractivity contribution in [3.8, 4) is 22.8 Å². The van der Waals surface area contributed by atoms with Crippen molar-refractivity contribution in [2.45, 2.75) is 6.54 Å². The van der Waals surface area contributed by atoms with Crippen LogP contribution in [0.5, 0.6) is 11.5 Å². The Kier molecular flexibility index (Phi) is 6.71. The summed E-state index contributed by atoms with van der Waals surface area (Å²) >= 11 is 0. The summed E-state index contributed by atoms with van der Waals surface area (Å²) in [5.41, 5.74) is 4.71. The Bertz CT molecular complexity index is 1260. The summed E-state index contributed by atoms with van der Waals surface area (Å²) in [4.78, 5) is 8.88. The van der Waals surface area contributed by atoms with Crippen molar-refractivity contribution in [3.05, 3.63) is 84.7 Å². The molecule has 2 heterocycles. The van der Waals surface area contributed by atoms with Gasteiger partial charge in [-0.2, -0.15) is 0 Å². The highest BCUT2D eigenvalue weighted by Gasteiger charge is 2.19. The SMILES string of the molecule is C=C(O)c1c(OC)c(-c2ccc(NCc3ccc(OCCO)cc3)cc2)nc2ccncc12. The van der Waals surface area contributed by atoms with E-state index in [-0.39, 0.29) is 19.0 Å². The Hall–Kier alpha value is -4.10. The third-order valence-corrected chi connectivity index (χ3v) is 5.17. The lowest BCUT2D eigenvalue weighted by atomic mass is 10.0. The molecule has 4 aromatic rings. The zero-order chi connectivity index (χ0) is 23.2. The lowest BCUT2D eigenvalue weighted by molar-refractivity contribution is 0.201. The van der Waals surface area contributed by atoms with Gasteiger partial charge in [-0.3, -0.25) is 4.98 Å². The molecule has 0 atom stereocenters. The molecule has 0 spiro atoms. The second kappa shape index (κ2) is 10.0. The van der Waals surface area contributed by atoms with E-state index in [0.29, 0.717) is 34.5 Å². The monoisotopic (exact) mass is 443 g/mol. The minimum atomic E-state index is -0.0976. The highest BCUT2D eigenvalue weighted by Crippen LogP contribution is 2.38. The van der Waals surface area contributed by atoms with E-state index in [0.717, 1.165) is 22.6 Å². The molecule has 4 rings (SSSR count). The predicted molar refractivity (Wildman–Crippen MR) is 130 cm³/mol. The third kappa shape index (κ3) is 4.88. The summed E-state index contributed by atoms with van der Waals surface area (Å²) in [5.74, 6) is 1.08.